The van der Waals surface area contributed by atoms with E-state index in [-0.39, 0.29) is 10.6 Å². The Kier molecular flexibility index (Phi) is 4.15. The van der Waals surface area contributed by atoms with Gasteiger partial charge in [-0.2, -0.15) is 18.3 Å². The van der Waals surface area contributed by atoms with Gasteiger partial charge >= 0.3 is 6.18 Å². The van der Waals surface area contributed by atoms with E-state index in [1.165, 1.54) is 23.6 Å². The van der Waals surface area contributed by atoms with Crippen LogP contribution in [0.15, 0.2) is 28.7 Å². The summed E-state index contributed by atoms with van der Waals surface area (Å²) in [6.07, 6.45) is -3.23. The summed E-state index contributed by atoms with van der Waals surface area (Å²) in [4.78, 5) is 3.88. The Bertz CT molecular complexity index is 639. The molecular formula is C11H8ClF3N4S. The first-order valence-corrected chi connectivity index (χ1v) is 6.48. The highest BCUT2D eigenvalue weighted by Crippen LogP contribution is 2.31. The fraction of sp³-hybridized carbons (Fsp3) is 0.0909. The topological polar surface area (TPSA) is 63.3 Å². The Morgan fingerprint density at radius 3 is 2.70 bits per heavy atom. The van der Waals surface area contributed by atoms with Gasteiger partial charge in [0.05, 0.1) is 11.8 Å². The molecular weight excluding hydrogens is 313 g/mol. The fourth-order valence-electron chi connectivity index (χ4n) is 1.35. The molecule has 0 radical (unpaired) electrons. The van der Waals surface area contributed by atoms with E-state index in [1.807, 2.05) is 0 Å². The number of nitrogens with zero attached hydrogens (tertiary/aromatic N) is 2. The summed E-state index contributed by atoms with van der Waals surface area (Å²) in [7, 11) is 0. The fourth-order valence-corrected chi connectivity index (χ4v) is 2.14. The van der Waals surface area contributed by atoms with Gasteiger partial charge in [-0.25, -0.2) is 4.98 Å². The van der Waals surface area contributed by atoms with Crippen LogP contribution in [0.4, 0.5) is 24.1 Å². The molecule has 1 heterocycles. The van der Waals surface area contributed by atoms with Crippen molar-refractivity contribution in [3.05, 3.63) is 39.7 Å². The molecule has 0 saturated heterocycles. The van der Waals surface area contributed by atoms with Crippen LogP contribution < -0.4 is 11.2 Å². The Morgan fingerprint density at radius 2 is 2.10 bits per heavy atom. The second kappa shape index (κ2) is 5.68. The molecule has 2 rings (SSSR count). The minimum atomic E-state index is -4.45. The Labute approximate surface area is 121 Å². The molecule has 0 amide bonds. The van der Waals surface area contributed by atoms with Crippen molar-refractivity contribution in [3.8, 4) is 0 Å². The maximum atomic E-state index is 12.6. The number of hydrazone groups is 1. The van der Waals surface area contributed by atoms with Crippen molar-refractivity contribution in [1.82, 2.24) is 4.98 Å². The smallest absolute Gasteiger partial charge is 0.383 e. The lowest BCUT2D eigenvalue weighted by Gasteiger charge is -2.07. The summed E-state index contributed by atoms with van der Waals surface area (Å²) in [6.45, 7) is 0. The number of halogens is 4. The van der Waals surface area contributed by atoms with Gasteiger partial charge in [0.15, 0.2) is 0 Å². The van der Waals surface area contributed by atoms with E-state index < -0.39 is 11.7 Å². The standard InChI is InChI=1S/C11H8ClF3N4S/c12-8-2-6(1-7(3-8)11(13,14)15)4-17-19-10-18-9(16)5-20-10/h1-5H,16H2,(H,18,19). The zero-order valence-electron chi connectivity index (χ0n) is 9.78. The van der Waals surface area contributed by atoms with Crippen LogP contribution in [0.1, 0.15) is 11.1 Å². The van der Waals surface area contributed by atoms with Crippen LogP contribution in [0, 0.1) is 0 Å². The zero-order chi connectivity index (χ0) is 14.8. The van der Waals surface area contributed by atoms with Gasteiger partial charge in [0.25, 0.3) is 0 Å². The molecule has 0 aliphatic carbocycles. The molecule has 9 heteroatoms. The first-order valence-electron chi connectivity index (χ1n) is 5.22. The molecule has 4 nitrogen and oxygen atoms in total. The van der Waals surface area contributed by atoms with E-state index in [0.29, 0.717) is 10.9 Å². The summed E-state index contributed by atoms with van der Waals surface area (Å²) in [5.74, 6) is 0.342. The van der Waals surface area contributed by atoms with E-state index in [2.05, 4.69) is 15.5 Å². The van der Waals surface area contributed by atoms with Gasteiger partial charge in [-0.05, 0) is 23.8 Å². The van der Waals surface area contributed by atoms with E-state index in [1.54, 1.807) is 5.38 Å². The molecule has 20 heavy (non-hydrogen) atoms. The number of hydrogen-bond acceptors (Lipinski definition) is 5. The number of rotatable bonds is 3. The first kappa shape index (κ1) is 14.6. The molecule has 0 aliphatic rings. The molecule has 0 spiro atoms. The maximum Gasteiger partial charge on any atom is 0.416 e. The third-order valence-electron chi connectivity index (χ3n) is 2.14. The molecule has 1 aromatic carbocycles. The van der Waals surface area contributed by atoms with E-state index >= 15 is 0 Å². The summed E-state index contributed by atoms with van der Waals surface area (Å²) in [6, 6.07) is 3.18. The van der Waals surface area contributed by atoms with Gasteiger partial charge in [0.2, 0.25) is 5.13 Å². The van der Waals surface area contributed by atoms with Crippen molar-refractivity contribution in [2.24, 2.45) is 5.10 Å². The monoisotopic (exact) mass is 320 g/mol. The average molecular weight is 321 g/mol. The predicted octanol–water partition coefficient (Wildman–Crippen LogP) is 3.84. The first-order chi connectivity index (χ1) is 9.34. The molecule has 3 N–H and O–H groups in total. The number of alkyl halides is 3. The third kappa shape index (κ3) is 3.84. The van der Waals surface area contributed by atoms with E-state index in [0.717, 1.165) is 12.1 Å². The number of nitrogens with two attached hydrogens (primary N) is 1. The molecule has 0 unspecified atom stereocenters. The van der Waals surface area contributed by atoms with E-state index in [9.17, 15) is 13.2 Å². The van der Waals surface area contributed by atoms with Crippen molar-refractivity contribution in [2.75, 3.05) is 11.2 Å². The minimum Gasteiger partial charge on any atom is -0.383 e. The number of nitrogen functional groups attached to an aromatic ring is 1. The molecule has 0 aliphatic heterocycles. The average Bonchev–Trinajstić information content (AvgIpc) is 2.73. The van der Waals surface area contributed by atoms with E-state index in [4.69, 9.17) is 17.3 Å². The lowest BCUT2D eigenvalue weighted by molar-refractivity contribution is -0.137. The summed E-state index contributed by atoms with van der Waals surface area (Å²) >= 11 is 6.87. The highest BCUT2D eigenvalue weighted by atomic mass is 35.5. The zero-order valence-corrected chi connectivity index (χ0v) is 11.4. The quantitative estimate of drug-likeness (QED) is 0.667. The molecule has 2 aromatic rings. The maximum absolute atomic E-state index is 12.6. The number of anilines is 2. The van der Waals surface area contributed by atoms with Gasteiger partial charge in [-0.15, -0.1) is 11.3 Å². The van der Waals surface area contributed by atoms with Crippen LogP contribution in [0.5, 0.6) is 0 Å². The van der Waals surface area contributed by atoms with Crippen LogP contribution in [0.2, 0.25) is 5.02 Å². The van der Waals surface area contributed by atoms with Crippen LogP contribution >= 0.6 is 22.9 Å². The Hall–Kier alpha value is -1.80. The summed E-state index contributed by atoms with van der Waals surface area (Å²) < 4.78 is 37.8. The van der Waals surface area contributed by atoms with Crippen molar-refractivity contribution in [1.29, 1.82) is 0 Å². The number of hydrogen-bond donors (Lipinski definition) is 2. The van der Waals surface area contributed by atoms with Crippen molar-refractivity contribution < 1.29 is 13.2 Å². The van der Waals surface area contributed by atoms with Crippen molar-refractivity contribution in [2.45, 2.75) is 6.18 Å². The van der Waals surface area contributed by atoms with Gasteiger partial charge in [-0.1, -0.05) is 11.6 Å². The third-order valence-corrected chi connectivity index (χ3v) is 3.13. The Balaban J connectivity index is 2.15. The Morgan fingerprint density at radius 1 is 1.35 bits per heavy atom. The highest BCUT2D eigenvalue weighted by Gasteiger charge is 2.30. The largest absolute Gasteiger partial charge is 0.416 e. The number of nitrogens with one attached hydrogen (secondary N) is 1. The van der Waals surface area contributed by atoms with Crippen LogP contribution in [0.3, 0.4) is 0 Å². The lowest BCUT2D eigenvalue weighted by atomic mass is 10.1. The van der Waals surface area contributed by atoms with Crippen molar-refractivity contribution >= 4 is 40.1 Å². The van der Waals surface area contributed by atoms with Gasteiger partial charge in [-0.3, -0.25) is 5.43 Å². The molecule has 0 bridgehead atoms. The number of benzene rings is 1. The number of aromatic nitrogens is 1. The molecule has 0 saturated carbocycles. The summed E-state index contributed by atoms with van der Waals surface area (Å²) in [5.41, 5.74) is 7.37. The van der Waals surface area contributed by atoms with Crippen LogP contribution in [0.25, 0.3) is 0 Å². The molecule has 106 valence electrons. The van der Waals surface area contributed by atoms with Crippen LogP contribution in [-0.4, -0.2) is 11.2 Å². The number of thiazole rings is 1. The van der Waals surface area contributed by atoms with Gasteiger partial charge in [0, 0.05) is 10.4 Å². The van der Waals surface area contributed by atoms with Crippen molar-refractivity contribution in [3.63, 3.8) is 0 Å². The normalized spacial score (nSPS) is 12.0. The second-order valence-electron chi connectivity index (χ2n) is 3.72. The minimum absolute atomic E-state index is 0.0141. The summed E-state index contributed by atoms with van der Waals surface area (Å²) in [5, 5.41) is 5.82. The predicted molar refractivity (Wildman–Crippen MR) is 74.2 cm³/mol. The second-order valence-corrected chi connectivity index (χ2v) is 5.01. The molecule has 1 aromatic heterocycles. The van der Waals surface area contributed by atoms with Gasteiger partial charge in [0.1, 0.15) is 5.82 Å². The lowest BCUT2D eigenvalue weighted by Crippen LogP contribution is -2.05. The SMILES string of the molecule is Nc1csc(NN=Cc2cc(Cl)cc(C(F)(F)F)c2)n1. The van der Waals surface area contributed by atoms with Crippen LogP contribution in [-0.2, 0) is 6.18 Å². The highest BCUT2D eigenvalue weighted by molar-refractivity contribution is 7.14. The van der Waals surface area contributed by atoms with Gasteiger partial charge < -0.3 is 5.73 Å². The molecule has 0 atom stereocenters. The molecule has 0 fully saturated rings.